The predicted molar refractivity (Wildman–Crippen MR) is 59.8 cm³/mol. The van der Waals surface area contributed by atoms with Crippen LogP contribution in [-0.4, -0.2) is 12.7 Å². The highest BCUT2D eigenvalue weighted by Crippen LogP contribution is 2.34. The summed E-state index contributed by atoms with van der Waals surface area (Å²) in [4.78, 5) is 1.06. The van der Waals surface area contributed by atoms with Crippen LogP contribution in [0.5, 0.6) is 5.75 Å². The summed E-state index contributed by atoms with van der Waals surface area (Å²) in [6.07, 6.45) is 0. The van der Waals surface area contributed by atoms with Crippen LogP contribution in [0.2, 0.25) is 0 Å². The second-order valence-electron chi connectivity index (χ2n) is 2.75. The fourth-order valence-corrected chi connectivity index (χ4v) is 2.12. The summed E-state index contributed by atoms with van der Waals surface area (Å²) in [5.74, 6) is 0.740. The molecule has 0 spiro atoms. The Morgan fingerprint density at radius 3 is 2.64 bits per heavy atom. The Balaban J connectivity index is 2.37. The zero-order chi connectivity index (χ0) is 9.80. The van der Waals surface area contributed by atoms with Crippen LogP contribution in [0.3, 0.4) is 0 Å². The van der Waals surface area contributed by atoms with E-state index in [-0.39, 0.29) is 7.69 Å². The van der Waals surface area contributed by atoms with Gasteiger partial charge >= 0.3 is 7.69 Å². The van der Waals surface area contributed by atoms with Gasteiger partial charge < -0.3 is 9.68 Å². The van der Waals surface area contributed by atoms with E-state index in [9.17, 15) is 0 Å². The van der Waals surface area contributed by atoms with E-state index in [0.29, 0.717) is 0 Å². The van der Waals surface area contributed by atoms with Crippen LogP contribution in [0.15, 0.2) is 41.8 Å². The summed E-state index contributed by atoms with van der Waals surface area (Å²) >= 11 is 1.61. The number of rotatable bonds is 3. The van der Waals surface area contributed by atoms with Crippen LogP contribution in [0.1, 0.15) is 0 Å². The Kier molecular flexibility index (Phi) is 2.86. The van der Waals surface area contributed by atoms with E-state index >= 15 is 0 Å². The molecule has 0 fully saturated rings. The van der Waals surface area contributed by atoms with E-state index in [0.717, 1.165) is 16.2 Å². The summed E-state index contributed by atoms with van der Waals surface area (Å²) in [6.45, 7) is 0. The van der Waals surface area contributed by atoms with E-state index in [4.69, 9.17) is 9.68 Å². The van der Waals surface area contributed by atoms with Crippen molar-refractivity contribution in [3.63, 3.8) is 0 Å². The molecule has 70 valence electrons. The highest BCUT2D eigenvalue weighted by molar-refractivity contribution is 7.14. The van der Waals surface area contributed by atoms with Crippen molar-refractivity contribution in [1.29, 1.82) is 0 Å². The van der Waals surface area contributed by atoms with E-state index in [1.165, 1.54) is 0 Å². The van der Waals surface area contributed by atoms with E-state index in [1.807, 2.05) is 41.8 Å². The van der Waals surface area contributed by atoms with Gasteiger partial charge in [-0.3, -0.25) is 0 Å². The molecule has 2 aromatic rings. The third-order valence-corrected chi connectivity index (χ3v) is 2.83. The van der Waals surface area contributed by atoms with Crippen molar-refractivity contribution in [3.8, 4) is 16.2 Å². The molecule has 14 heavy (non-hydrogen) atoms. The minimum Gasteiger partial charge on any atom is -0.538 e. The van der Waals surface area contributed by atoms with Crippen molar-refractivity contribution in [3.05, 3.63) is 41.8 Å². The lowest BCUT2D eigenvalue weighted by Crippen LogP contribution is -1.99. The molecule has 1 heterocycles. The molecule has 0 atom stereocenters. The molecule has 0 radical (unpaired) electrons. The Bertz CT molecular complexity index is 400. The predicted octanol–water partition coefficient (Wildman–Crippen LogP) is 2.05. The van der Waals surface area contributed by atoms with E-state index in [1.54, 1.807) is 11.3 Å². The molecule has 0 amide bonds. The molecule has 0 saturated carbocycles. The third kappa shape index (κ3) is 1.81. The van der Waals surface area contributed by atoms with Gasteiger partial charge in [-0.2, -0.15) is 0 Å². The van der Waals surface area contributed by atoms with Gasteiger partial charge in [0.15, 0.2) is 0 Å². The average Bonchev–Trinajstić information content (AvgIpc) is 2.68. The molecule has 0 aliphatic heterocycles. The van der Waals surface area contributed by atoms with Crippen LogP contribution in [0, 0.1) is 0 Å². The zero-order valence-electron chi connectivity index (χ0n) is 7.51. The number of hydrogen-bond donors (Lipinski definition) is 1. The lowest BCUT2D eigenvalue weighted by atomic mass is 10.2. The van der Waals surface area contributed by atoms with Gasteiger partial charge in [0.05, 0.1) is 4.88 Å². The topological polar surface area (TPSA) is 29.5 Å². The minimum atomic E-state index is -0.281. The van der Waals surface area contributed by atoms with E-state index in [2.05, 4.69) is 0 Å². The van der Waals surface area contributed by atoms with Crippen LogP contribution in [-0.2, 0) is 0 Å². The molecule has 1 N–H and O–H groups in total. The summed E-state index contributed by atoms with van der Waals surface area (Å²) in [5, 5.41) is 10.6. The lowest BCUT2D eigenvalue weighted by Gasteiger charge is -2.03. The summed E-state index contributed by atoms with van der Waals surface area (Å²) < 4.78 is 5.10. The monoisotopic (exact) mass is 204 g/mol. The van der Waals surface area contributed by atoms with Gasteiger partial charge in [0.1, 0.15) is 5.75 Å². The maximum absolute atomic E-state index is 8.69. The molecule has 2 nitrogen and oxygen atoms in total. The number of hydrogen-bond acceptors (Lipinski definition) is 3. The van der Waals surface area contributed by atoms with Gasteiger partial charge in [0.2, 0.25) is 0 Å². The molecule has 0 aliphatic carbocycles. The number of thiophene rings is 1. The Morgan fingerprint density at radius 2 is 1.93 bits per heavy atom. The third-order valence-electron chi connectivity index (χ3n) is 1.89. The van der Waals surface area contributed by atoms with Gasteiger partial charge in [0.25, 0.3) is 0 Å². The highest BCUT2D eigenvalue weighted by Gasteiger charge is 2.06. The molecule has 2 rings (SSSR count). The molecule has 1 aromatic carbocycles. The fourth-order valence-electron chi connectivity index (χ4n) is 1.28. The van der Waals surface area contributed by atoms with Crippen LogP contribution < -0.4 is 4.65 Å². The molecule has 0 bridgehead atoms. The molecule has 0 unspecified atom stereocenters. The first-order valence-corrected chi connectivity index (χ1v) is 5.16. The van der Waals surface area contributed by atoms with E-state index < -0.39 is 0 Å². The molecular formula is C10H9BO2S. The molecule has 0 aliphatic rings. The molecular weight excluding hydrogens is 195 g/mol. The summed E-state index contributed by atoms with van der Waals surface area (Å²) in [6, 6.07) is 11.9. The van der Waals surface area contributed by atoms with Crippen molar-refractivity contribution in [2.45, 2.75) is 0 Å². The smallest absolute Gasteiger partial charge is 0.504 e. The lowest BCUT2D eigenvalue weighted by molar-refractivity contribution is 0.456. The van der Waals surface area contributed by atoms with Gasteiger partial charge in [-0.05, 0) is 17.0 Å². The number of benzene rings is 1. The van der Waals surface area contributed by atoms with Gasteiger partial charge in [0, 0.05) is 0 Å². The Morgan fingerprint density at radius 1 is 1.14 bits per heavy atom. The fraction of sp³-hybridized carbons (Fsp3) is 0. The highest BCUT2D eigenvalue weighted by atomic mass is 32.1. The minimum absolute atomic E-state index is 0.281. The van der Waals surface area contributed by atoms with Crippen molar-refractivity contribution in [2.75, 3.05) is 0 Å². The summed E-state index contributed by atoms with van der Waals surface area (Å²) in [5.41, 5.74) is 1.12. The molecule has 1 aromatic heterocycles. The SMILES string of the molecule is OBOc1ccsc1-c1ccccc1. The van der Waals surface area contributed by atoms with Crippen molar-refractivity contribution >= 4 is 19.0 Å². The van der Waals surface area contributed by atoms with Crippen molar-refractivity contribution in [2.24, 2.45) is 0 Å². The normalized spacial score (nSPS) is 9.79. The van der Waals surface area contributed by atoms with Crippen LogP contribution in [0.4, 0.5) is 0 Å². The first-order chi connectivity index (χ1) is 6.92. The average molecular weight is 204 g/mol. The van der Waals surface area contributed by atoms with Gasteiger partial charge in [-0.25, -0.2) is 0 Å². The first-order valence-electron chi connectivity index (χ1n) is 4.28. The quantitative estimate of drug-likeness (QED) is 0.775. The second kappa shape index (κ2) is 4.31. The second-order valence-corrected chi connectivity index (χ2v) is 3.67. The van der Waals surface area contributed by atoms with Crippen molar-refractivity contribution in [1.82, 2.24) is 0 Å². The maximum Gasteiger partial charge on any atom is 0.504 e. The van der Waals surface area contributed by atoms with Crippen LogP contribution in [0.25, 0.3) is 10.4 Å². The molecule has 4 heteroatoms. The Labute approximate surface area is 87.1 Å². The first kappa shape index (κ1) is 9.31. The summed E-state index contributed by atoms with van der Waals surface area (Å²) in [7, 11) is -0.281. The maximum atomic E-state index is 8.69. The zero-order valence-corrected chi connectivity index (χ0v) is 8.33. The largest absolute Gasteiger partial charge is 0.538 e. The van der Waals surface area contributed by atoms with Gasteiger partial charge in [-0.1, -0.05) is 30.3 Å². The molecule has 0 saturated heterocycles. The standard InChI is InChI=1S/C10H9BO2S/c12-11-13-9-6-7-14-10(9)8-4-2-1-3-5-8/h1-7,11-12H. The van der Waals surface area contributed by atoms with Crippen LogP contribution >= 0.6 is 11.3 Å². The Hall–Kier alpha value is -1.26. The van der Waals surface area contributed by atoms with Crippen molar-refractivity contribution < 1.29 is 9.68 Å². The van der Waals surface area contributed by atoms with Gasteiger partial charge in [-0.15, -0.1) is 11.3 Å².